The van der Waals surface area contributed by atoms with Gasteiger partial charge in [0.25, 0.3) is 11.5 Å². The van der Waals surface area contributed by atoms with Gasteiger partial charge in [-0.25, -0.2) is 23.5 Å². The summed E-state index contributed by atoms with van der Waals surface area (Å²) in [5.74, 6) is -5.94. The van der Waals surface area contributed by atoms with Gasteiger partial charge in [0.05, 0.1) is 44.6 Å². The maximum Gasteiger partial charge on any atom is 0.491 e. The fourth-order valence-electron chi connectivity index (χ4n) is 8.13. The monoisotopic (exact) mass is 1130 g/mol. The minimum Gasteiger partial charge on any atom is -0.456 e. The lowest BCUT2D eigenvalue weighted by Gasteiger charge is -2.19. The molecule has 0 saturated carbocycles. The minimum absolute atomic E-state index is 0.0221. The van der Waals surface area contributed by atoms with Gasteiger partial charge in [-0.2, -0.15) is 18.2 Å². The number of nitrogen functional groups attached to an aromatic ring is 1. The van der Waals surface area contributed by atoms with Crippen molar-refractivity contribution in [3.63, 3.8) is 0 Å². The van der Waals surface area contributed by atoms with Crippen molar-refractivity contribution < 1.29 is 64.9 Å². The maximum atomic E-state index is 13.6. The third kappa shape index (κ3) is 15.5. The van der Waals surface area contributed by atoms with Gasteiger partial charge in [0.15, 0.2) is 16.3 Å². The molecule has 3 aromatic carbocycles. The molecule has 5 aromatic rings. The Hall–Kier alpha value is -8.20. The number of aromatic nitrogens is 4. The largest absolute Gasteiger partial charge is 0.491 e. The van der Waals surface area contributed by atoms with Crippen LogP contribution in [0.25, 0.3) is 44.6 Å². The number of nitrogens with two attached hydrogens (primary N) is 1. The molecule has 1 aliphatic carbocycles. The Bertz CT molecular complexity index is 3490. The van der Waals surface area contributed by atoms with E-state index in [4.69, 9.17) is 24.4 Å². The molecule has 0 unspecified atom stereocenters. The molecule has 21 nitrogen and oxygen atoms in total. The molecule has 0 fully saturated rings. The van der Waals surface area contributed by atoms with E-state index >= 15 is 0 Å². The molecular weight excluding hydrogens is 1070 g/mol. The summed E-state index contributed by atoms with van der Waals surface area (Å²) in [6, 6.07) is 19.4. The van der Waals surface area contributed by atoms with Crippen LogP contribution < -0.4 is 42.1 Å². The number of rotatable bonds is 25. The van der Waals surface area contributed by atoms with E-state index in [-0.39, 0.29) is 86.7 Å². The first-order chi connectivity index (χ1) is 38.2. The van der Waals surface area contributed by atoms with Crippen LogP contribution in [0.5, 0.6) is 0 Å². The predicted molar refractivity (Wildman–Crippen MR) is 290 cm³/mol. The predicted octanol–water partition coefficient (Wildman–Crippen LogP) is 4.72. The first-order valence-electron chi connectivity index (χ1n) is 25.0. The number of nitrogens with one attached hydrogen (secondary N) is 4. The van der Waals surface area contributed by atoms with Crippen molar-refractivity contribution in [2.24, 2.45) is 0 Å². The topological polar surface area (TPSA) is 267 Å². The summed E-state index contributed by atoms with van der Waals surface area (Å²) >= 11 is 1.12. The number of carbonyl (C=O) groups is 5. The van der Waals surface area contributed by atoms with Gasteiger partial charge in [0.1, 0.15) is 37.3 Å². The highest BCUT2D eigenvalue weighted by Gasteiger charge is 2.43. The number of imidazole rings is 1. The van der Waals surface area contributed by atoms with E-state index in [1.165, 1.54) is 31.2 Å². The third-order valence-corrected chi connectivity index (χ3v) is 13.2. The molecule has 0 bridgehead atoms. The Morgan fingerprint density at radius 1 is 0.850 bits per heavy atom. The number of ether oxygens (including phenoxy) is 4. The summed E-state index contributed by atoms with van der Waals surface area (Å²) in [5, 5.41) is 9.76. The molecule has 80 heavy (non-hydrogen) atoms. The average Bonchev–Trinajstić information content (AvgIpc) is 3.82. The summed E-state index contributed by atoms with van der Waals surface area (Å²) in [7, 11) is 7.37. The third-order valence-electron chi connectivity index (χ3n) is 12.1. The quantitative estimate of drug-likeness (QED) is 0.00986. The molecule has 424 valence electrons. The molecule has 7 rings (SSSR count). The number of esters is 2. The standard InChI is InChI=1S/C54H58F4N10O11S/c1-31(69)62-41(30-80-53-63-45-46(64-52(59)65-49(45)72)68(53)29-32-8-11-34(55)12-9-32)48(71)61-19-7-21-76-23-25-77-24-22-75-20-6-18-60-47(70)33-10-15-37(40(26-33)50(73)79-51(74)54(56,57)58)44-38-16-13-35(66(2)3)27-42(38)78-43-28-36(67(4)5)14-17-39(43)44/h8-17,26-28,41H,6-7,18-25,29-30H2,1-5H3,(H5-,59,60,61,62,64,65,69,70,71,72)/p+1/t41-/m0/s1. The second-order valence-electron chi connectivity index (χ2n) is 18.4. The number of halogens is 4. The normalized spacial score (nSPS) is 11.9. The zero-order chi connectivity index (χ0) is 57.7. The highest BCUT2D eigenvalue weighted by molar-refractivity contribution is 7.99. The van der Waals surface area contributed by atoms with Crippen LogP contribution in [0.4, 0.5) is 29.2 Å². The lowest BCUT2D eigenvalue weighted by atomic mass is 9.89. The Balaban J connectivity index is 0.838. The Kier molecular flexibility index (Phi) is 20.1. The van der Waals surface area contributed by atoms with Gasteiger partial charge in [-0.1, -0.05) is 30.0 Å². The second-order valence-corrected chi connectivity index (χ2v) is 19.4. The van der Waals surface area contributed by atoms with Crippen LogP contribution in [0, 0.1) is 5.82 Å². The van der Waals surface area contributed by atoms with Gasteiger partial charge < -0.3 is 49.9 Å². The highest BCUT2D eigenvalue weighted by atomic mass is 32.2. The summed E-state index contributed by atoms with van der Waals surface area (Å²) in [5.41, 5.74) is 7.80. The van der Waals surface area contributed by atoms with Gasteiger partial charge in [0.2, 0.25) is 23.1 Å². The van der Waals surface area contributed by atoms with Crippen LogP contribution in [-0.4, -0.2) is 148 Å². The number of carbonyl (C=O) groups excluding carboxylic acids is 5. The second kappa shape index (κ2) is 27.1. The fraction of sp³-hybridized carbons (Fsp3) is 0.352. The van der Waals surface area contributed by atoms with Crippen LogP contribution in [0.2, 0.25) is 0 Å². The summed E-state index contributed by atoms with van der Waals surface area (Å²) < 4.78 is 84.7. The van der Waals surface area contributed by atoms with E-state index < -0.39 is 58.8 Å². The molecule has 0 radical (unpaired) electrons. The SMILES string of the molecule is CC(=O)N[C@@H](CSc1nc2c(=O)[nH]c(N)nc2n1Cc1ccc(F)cc1)C(=O)NCCCOCCOCCOCCCNC(=O)c1ccc(-c2c3ccc(=[N+](C)C)cc-3oc3cc(N(C)C)ccc23)c(C(=O)OC(=O)C(F)(F)F)c1. The highest BCUT2D eigenvalue weighted by Crippen LogP contribution is 2.42. The van der Waals surface area contributed by atoms with Crippen molar-refractivity contribution in [1.29, 1.82) is 0 Å². The Morgan fingerprint density at radius 2 is 1.51 bits per heavy atom. The van der Waals surface area contributed by atoms with E-state index in [0.717, 1.165) is 28.9 Å². The average molecular weight is 1130 g/mol. The van der Waals surface area contributed by atoms with Crippen LogP contribution in [-0.2, 0) is 39.9 Å². The van der Waals surface area contributed by atoms with E-state index in [1.807, 2.05) is 37.7 Å². The first-order valence-corrected chi connectivity index (χ1v) is 26.0. The van der Waals surface area contributed by atoms with Gasteiger partial charge >= 0.3 is 18.1 Å². The number of hydrogen-bond acceptors (Lipinski definition) is 16. The molecule has 0 saturated heterocycles. The van der Waals surface area contributed by atoms with Crippen molar-refractivity contribution in [1.82, 2.24) is 40.0 Å². The van der Waals surface area contributed by atoms with E-state index in [2.05, 4.69) is 35.6 Å². The number of amides is 3. The van der Waals surface area contributed by atoms with Crippen molar-refractivity contribution >= 4 is 75.2 Å². The van der Waals surface area contributed by atoms with E-state index in [1.54, 1.807) is 53.1 Å². The maximum absolute atomic E-state index is 13.6. The lowest BCUT2D eigenvalue weighted by molar-refractivity contribution is -0.193. The Morgan fingerprint density at radius 3 is 2.16 bits per heavy atom. The number of thioether (sulfide) groups is 1. The van der Waals surface area contributed by atoms with Gasteiger partial charge in [-0.3, -0.25) is 28.7 Å². The number of anilines is 2. The van der Waals surface area contributed by atoms with Gasteiger partial charge in [-0.15, -0.1) is 0 Å². The number of benzene rings is 4. The zero-order valence-corrected chi connectivity index (χ0v) is 45.1. The molecule has 3 heterocycles. The molecule has 0 spiro atoms. The number of aromatic amines is 1. The summed E-state index contributed by atoms with van der Waals surface area (Å²) in [4.78, 5) is 89.7. The molecule has 1 aliphatic heterocycles. The van der Waals surface area contributed by atoms with Crippen LogP contribution >= 0.6 is 11.8 Å². The lowest BCUT2D eigenvalue weighted by Crippen LogP contribution is -2.48. The molecule has 2 aromatic heterocycles. The minimum atomic E-state index is -5.47. The molecule has 6 N–H and O–H groups in total. The summed E-state index contributed by atoms with van der Waals surface area (Å²) in [6.45, 7) is 3.35. The van der Waals surface area contributed by atoms with E-state index in [9.17, 15) is 46.3 Å². The number of alkyl halides is 3. The molecule has 26 heteroatoms. The molecule has 1 atom stereocenters. The number of fused-ring (bicyclic) bond motifs is 3. The van der Waals surface area contributed by atoms with E-state index in [0.29, 0.717) is 58.0 Å². The fourth-order valence-corrected chi connectivity index (χ4v) is 9.14. The zero-order valence-electron chi connectivity index (χ0n) is 44.3. The first kappa shape index (κ1) is 59.5. The summed E-state index contributed by atoms with van der Waals surface area (Å²) in [6.07, 6.45) is -4.65. The number of nitrogens with zero attached hydrogens (tertiary/aromatic N) is 5. The molecular formula is C54H59F4N10O11S+. The van der Waals surface area contributed by atoms with Crippen molar-refractivity contribution in [2.45, 2.75) is 43.7 Å². The van der Waals surface area contributed by atoms with Gasteiger partial charge in [-0.05, 0) is 66.4 Å². The smallest absolute Gasteiger partial charge is 0.456 e. The Labute approximate surface area is 459 Å². The number of H-pyrrole nitrogens is 1. The molecule has 2 aliphatic rings. The molecule has 3 amide bonds. The van der Waals surface area contributed by atoms with Crippen LogP contribution in [0.15, 0.2) is 93.2 Å². The van der Waals surface area contributed by atoms with Crippen LogP contribution in [0.3, 0.4) is 0 Å². The van der Waals surface area contributed by atoms with Crippen LogP contribution in [0.1, 0.15) is 46.0 Å². The number of hydrogen-bond donors (Lipinski definition) is 5. The van der Waals surface area contributed by atoms with Crippen molar-refractivity contribution in [2.75, 3.05) is 97.3 Å². The van der Waals surface area contributed by atoms with Gasteiger partial charge in [0, 0.05) is 93.0 Å². The van der Waals surface area contributed by atoms with Crippen molar-refractivity contribution in [3.05, 3.63) is 117 Å². The van der Waals surface area contributed by atoms with Crippen molar-refractivity contribution in [3.8, 4) is 22.5 Å².